The summed E-state index contributed by atoms with van der Waals surface area (Å²) in [6.07, 6.45) is 6.34. The predicted molar refractivity (Wildman–Crippen MR) is 142 cm³/mol. The van der Waals surface area contributed by atoms with Gasteiger partial charge in [-0.05, 0) is 55.2 Å². The van der Waals surface area contributed by atoms with Gasteiger partial charge in [-0.15, -0.1) is 0 Å². The first-order valence-electron chi connectivity index (χ1n) is 12.2. The molecule has 0 saturated carbocycles. The average Bonchev–Trinajstić information content (AvgIpc) is 3.36. The standard InChI is InChI=1S/C26H23ClN4O4S2/c27-16-6-8-17(9-7-16)31-23(33)20-19(15-5-4-10-28-13-15)22-25(36-21(20)24(31)34)30(26(35)37-22)14-18(32)29-11-2-1-3-12-29/h4-10,13,19-21H,1-3,11-12,14H2/t19-,20?,21?/m0/s1. The lowest BCUT2D eigenvalue weighted by Crippen LogP contribution is -2.39. The maximum Gasteiger partial charge on any atom is 0.308 e. The number of carbonyl (C=O) groups excluding carboxylic acids is 3. The molecule has 6 rings (SSSR count). The van der Waals surface area contributed by atoms with Gasteiger partial charge in [0.05, 0.1) is 16.6 Å². The molecular weight excluding hydrogens is 532 g/mol. The van der Waals surface area contributed by atoms with Crippen LogP contribution in [0, 0.1) is 5.92 Å². The lowest BCUT2D eigenvalue weighted by molar-refractivity contribution is -0.133. The Morgan fingerprint density at radius 1 is 1.03 bits per heavy atom. The summed E-state index contributed by atoms with van der Waals surface area (Å²) in [6, 6.07) is 10.2. The van der Waals surface area contributed by atoms with Gasteiger partial charge in [-0.2, -0.15) is 0 Å². The van der Waals surface area contributed by atoms with Crippen LogP contribution in [0.25, 0.3) is 0 Å². The number of amides is 3. The summed E-state index contributed by atoms with van der Waals surface area (Å²) in [4.78, 5) is 61.5. The van der Waals surface area contributed by atoms with E-state index in [-0.39, 0.29) is 29.1 Å². The molecule has 2 saturated heterocycles. The van der Waals surface area contributed by atoms with Gasteiger partial charge in [0.25, 0.3) is 0 Å². The van der Waals surface area contributed by atoms with Gasteiger partial charge in [0.1, 0.15) is 11.8 Å². The molecule has 1 aromatic carbocycles. The molecule has 2 fully saturated rings. The number of imide groups is 1. The van der Waals surface area contributed by atoms with E-state index < -0.39 is 17.1 Å². The highest BCUT2D eigenvalue weighted by Crippen LogP contribution is 2.53. The molecule has 0 bridgehead atoms. The van der Waals surface area contributed by atoms with E-state index in [1.54, 1.807) is 47.6 Å². The molecule has 3 aromatic rings. The van der Waals surface area contributed by atoms with Crippen molar-refractivity contribution in [3.63, 3.8) is 0 Å². The number of hydrogen-bond acceptors (Lipinski definition) is 7. The predicted octanol–water partition coefficient (Wildman–Crippen LogP) is 3.77. The summed E-state index contributed by atoms with van der Waals surface area (Å²) in [5, 5.41) is 0.369. The average molecular weight is 555 g/mol. The number of thioether (sulfide) groups is 1. The van der Waals surface area contributed by atoms with E-state index in [1.165, 1.54) is 21.2 Å². The largest absolute Gasteiger partial charge is 0.341 e. The van der Waals surface area contributed by atoms with Crippen LogP contribution in [-0.4, -0.2) is 50.5 Å². The molecular formula is C26H23ClN4O4S2. The van der Waals surface area contributed by atoms with Crippen molar-refractivity contribution in [3.8, 4) is 0 Å². The SMILES string of the molecule is O=C(Cn1c2c(sc1=O)[C@@H](c1cccnc1)C1C(=O)N(c3ccc(Cl)cc3)C(=O)C1S2)N1CCCCC1. The molecule has 0 N–H and O–H groups in total. The Kier molecular flexibility index (Phi) is 6.42. The lowest BCUT2D eigenvalue weighted by Gasteiger charge is -2.31. The number of likely N-dealkylation sites (tertiary alicyclic amines) is 1. The van der Waals surface area contributed by atoms with Crippen molar-refractivity contribution in [2.75, 3.05) is 18.0 Å². The van der Waals surface area contributed by atoms with Crippen LogP contribution >= 0.6 is 34.7 Å². The Hall–Kier alpha value is -2.95. The number of piperidine rings is 1. The smallest absolute Gasteiger partial charge is 0.308 e. The minimum Gasteiger partial charge on any atom is -0.341 e. The number of pyridine rings is 1. The second-order valence-electron chi connectivity index (χ2n) is 9.38. The second-order valence-corrected chi connectivity index (χ2v) is 11.9. The van der Waals surface area contributed by atoms with E-state index in [2.05, 4.69) is 4.98 Å². The zero-order valence-electron chi connectivity index (χ0n) is 19.7. The van der Waals surface area contributed by atoms with E-state index >= 15 is 0 Å². The molecule has 2 aromatic heterocycles. The summed E-state index contributed by atoms with van der Waals surface area (Å²) >= 11 is 8.30. The number of aromatic nitrogens is 2. The summed E-state index contributed by atoms with van der Waals surface area (Å²) in [5.74, 6) is -1.97. The maximum absolute atomic E-state index is 13.8. The molecule has 3 amide bonds. The maximum atomic E-state index is 13.8. The van der Waals surface area contributed by atoms with Crippen molar-refractivity contribution in [2.45, 2.75) is 42.0 Å². The fourth-order valence-electron chi connectivity index (χ4n) is 5.40. The van der Waals surface area contributed by atoms with Crippen molar-refractivity contribution in [2.24, 2.45) is 5.92 Å². The summed E-state index contributed by atoms with van der Waals surface area (Å²) in [6.45, 7) is 1.32. The highest BCUT2D eigenvalue weighted by Gasteiger charge is 2.56. The minimum absolute atomic E-state index is 0.0716. The molecule has 3 atom stereocenters. The Morgan fingerprint density at radius 3 is 2.49 bits per heavy atom. The Morgan fingerprint density at radius 2 is 1.78 bits per heavy atom. The Bertz CT molecular complexity index is 1430. The molecule has 5 heterocycles. The molecule has 8 nitrogen and oxygen atoms in total. The van der Waals surface area contributed by atoms with Crippen molar-refractivity contribution in [3.05, 3.63) is 73.9 Å². The molecule has 190 valence electrons. The molecule has 37 heavy (non-hydrogen) atoms. The second kappa shape index (κ2) is 9.74. The summed E-state index contributed by atoms with van der Waals surface area (Å²) in [7, 11) is 0. The quantitative estimate of drug-likeness (QED) is 0.456. The zero-order valence-corrected chi connectivity index (χ0v) is 22.1. The Labute approximate surface area is 226 Å². The molecule has 0 spiro atoms. The molecule has 3 aliphatic heterocycles. The van der Waals surface area contributed by atoms with Crippen LogP contribution in [0.5, 0.6) is 0 Å². The number of hydrogen-bond donors (Lipinski definition) is 0. The van der Waals surface area contributed by atoms with Crippen molar-refractivity contribution in [1.29, 1.82) is 0 Å². The molecule has 11 heteroatoms. The molecule has 0 radical (unpaired) electrons. The third kappa shape index (κ3) is 4.20. The third-order valence-corrected chi connectivity index (χ3v) is 10.0. The van der Waals surface area contributed by atoms with Crippen LogP contribution in [0.1, 0.15) is 35.6 Å². The number of thiazole rings is 1. The number of rotatable bonds is 4. The van der Waals surface area contributed by atoms with Gasteiger partial charge in [-0.3, -0.25) is 28.7 Å². The number of carbonyl (C=O) groups is 3. The van der Waals surface area contributed by atoms with Crippen molar-refractivity contribution < 1.29 is 14.4 Å². The first kappa shape index (κ1) is 24.4. The number of anilines is 1. The van der Waals surface area contributed by atoms with Gasteiger partial charge in [0, 0.05) is 41.3 Å². The normalized spacial score (nSPS) is 23.2. The van der Waals surface area contributed by atoms with E-state index in [0.717, 1.165) is 36.2 Å². The minimum atomic E-state index is -0.730. The van der Waals surface area contributed by atoms with E-state index in [9.17, 15) is 19.2 Å². The monoisotopic (exact) mass is 554 g/mol. The highest BCUT2D eigenvalue weighted by molar-refractivity contribution is 8.00. The lowest BCUT2D eigenvalue weighted by atomic mass is 9.84. The van der Waals surface area contributed by atoms with Gasteiger partial charge in [0.2, 0.25) is 17.7 Å². The van der Waals surface area contributed by atoms with Crippen molar-refractivity contribution >= 4 is 58.1 Å². The third-order valence-electron chi connectivity index (χ3n) is 7.18. The van der Waals surface area contributed by atoms with E-state index in [1.807, 2.05) is 6.07 Å². The first-order valence-corrected chi connectivity index (χ1v) is 14.2. The van der Waals surface area contributed by atoms with Gasteiger partial charge >= 0.3 is 4.87 Å². The van der Waals surface area contributed by atoms with Crippen LogP contribution in [0.3, 0.4) is 0 Å². The van der Waals surface area contributed by atoms with Crippen molar-refractivity contribution in [1.82, 2.24) is 14.5 Å². The zero-order chi connectivity index (χ0) is 25.7. The number of halogens is 1. The fraction of sp³-hybridized carbons (Fsp3) is 0.346. The van der Waals surface area contributed by atoms with E-state index in [4.69, 9.17) is 11.6 Å². The summed E-state index contributed by atoms with van der Waals surface area (Å²) < 4.78 is 1.49. The highest BCUT2D eigenvalue weighted by atomic mass is 35.5. The topological polar surface area (TPSA) is 92.6 Å². The Balaban J connectivity index is 1.42. The van der Waals surface area contributed by atoms with Crippen LogP contribution in [0.15, 0.2) is 58.6 Å². The number of benzene rings is 1. The van der Waals surface area contributed by atoms with Gasteiger partial charge in [-0.1, -0.05) is 40.8 Å². The van der Waals surface area contributed by atoms with Gasteiger partial charge in [-0.25, -0.2) is 4.90 Å². The van der Waals surface area contributed by atoms with Crippen LogP contribution in [0.4, 0.5) is 5.69 Å². The molecule has 2 unspecified atom stereocenters. The van der Waals surface area contributed by atoms with Crippen LogP contribution in [0.2, 0.25) is 5.02 Å². The van der Waals surface area contributed by atoms with Gasteiger partial charge < -0.3 is 4.90 Å². The van der Waals surface area contributed by atoms with Crippen LogP contribution < -0.4 is 9.77 Å². The molecule has 3 aliphatic rings. The molecule has 0 aliphatic carbocycles. The number of fused-ring (bicyclic) bond motifs is 2. The fourth-order valence-corrected chi connectivity index (χ4v) is 8.30. The van der Waals surface area contributed by atoms with Gasteiger partial charge in [0.15, 0.2) is 0 Å². The number of nitrogens with zero attached hydrogens (tertiary/aromatic N) is 4. The summed E-state index contributed by atoms with van der Waals surface area (Å²) in [5.41, 5.74) is 1.22. The first-order chi connectivity index (χ1) is 17.9. The van der Waals surface area contributed by atoms with E-state index in [0.29, 0.717) is 33.7 Å². The van der Waals surface area contributed by atoms with Crippen LogP contribution in [-0.2, 0) is 20.9 Å².